The van der Waals surface area contributed by atoms with E-state index in [1.165, 1.54) is 11.8 Å². The molecule has 1 aliphatic heterocycles. The van der Waals surface area contributed by atoms with Crippen molar-refractivity contribution in [2.24, 2.45) is 0 Å². The Kier molecular flexibility index (Phi) is 5.16. The third kappa shape index (κ3) is 3.93. The summed E-state index contributed by atoms with van der Waals surface area (Å²) in [4.78, 5) is 27.1. The van der Waals surface area contributed by atoms with Gasteiger partial charge >= 0.3 is 0 Å². The number of Topliss-reactive ketones (excluding diaryl/α,β-unsaturated/α-hetero) is 1. The molecule has 1 aliphatic rings. The standard InChI is InChI=1S/C20H26N4O2S/c1-14-21-22-18(23(14)15-9-7-6-8-10-15)27-13-17(26)24-19(2,3)11-16(25)12-20(24,4)5/h6-10H,11-13H2,1-5H3. The number of aryl methyl sites for hydroxylation is 1. The van der Waals surface area contributed by atoms with Gasteiger partial charge < -0.3 is 4.90 Å². The van der Waals surface area contributed by atoms with Crippen LogP contribution < -0.4 is 0 Å². The van der Waals surface area contributed by atoms with Gasteiger partial charge in [-0.15, -0.1) is 10.2 Å². The summed E-state index contributed by atoms with van der Waals surface area (Å²) in [6.07, 6.45) is 0.790. The molecule has 1 saturated heterocycles. The minimum absolute atomic E-state index is 0.0164. The minimum Gasteiger partial charge on any atom is -0.331 e. The van der Waals surface area contributed by atoms with Crippen molar-refractivity contribution in [2.75, 3.05) is 5.75 Å². The fourth-order valence-electron chi connectivity index (χ4n) is 4.18. The third-order valence-electron chi connectivity index (χ3n) is 4.85. The molecule has 0 saturated carbocycles. The Morgan fingerprint density at radius 3 is 2.26 bits per heavy atom. The molecule has 3 rings (SSSR count). The summed E-state index contributed by atoms with van der Waals surface area (Å²) in [5.41, 5.74) is -0.00176. The number of para-hydroxylation sites is 1. The summed E-state index contributed by atoms with van der Waals surface area (Å²) in [7, 11) is 0. The quantitative estimate of drug-likeness (QED) is 0.753. The van der Waals surface area contributed by atoms with Gasteiger partial charge in [-0.1, -0.05) is 30.0 Å². The number of likely N-dealkylation sites (tertiary alicyclic amines) is 1. The molecule has 1 aromatic carbocycles. The topological polar surface area (TPSA) is 68.1 Å². The van der Waals surface area contributed by atoms with Crippen LogP contribution in [0.15, 0.2) is 35.5 Å². The van der Waals surface area contributed by atoms with Gasteiger partial charge in [0.1, 0.15) is 11.6 Å². The van der Waals surface area contributed by atoms with Gasteiger partial charge in [-0.3, -0.25) is 14.2 Å². The van der Waals surface area contributed by atoms with Crippen molar-refractivity contribution in [3.63, 3.8) is 0 Å². The molecule has 144 valence electrons. The highest BCUT2D eigenvalue weighted by Crippen LogP contribution is 2.37. The highest BCUT2D eigenvalue weighted by atomic mass is 32.2. The molecule has 7 heteroatoms. The number of aromatic nitrogens is 3. The van der Waals surface area contributed by atoms with Crippen molar-refractivity contribution in [1.82, 2.24) is 19.7 Å². The zero-order chi connectivity index (χ0) is 19.8. The van der Waals surface area contributed by atoms with Crippen molar-refractivity contribution in [1.29, 1.82) is 0 Å². The van der Waals surface area contributed by atoms with E-state index in [4.69, 9.17) is 0 Å². The maximum absolute atomic E-state index is 13.1. The van der Waals surface area contributed by atoms with Crippen LogP contribution in [-0.4, -0.2) is 48.2 Å². The van der Waals surface area contributed by atoms with E-state index in [9.17, 15) is 9.59 Å². The van der Waals surface area contributed by atoms with Crippen molar-refractivity contribution in [2.45, 2.75) is 63.7 Å². The summed E-state index contributed by atoms with van der Waals surface area (Å²) in [6.45, 7) is 9.75. The van der Waals surface area contributed by atoms with Crippen LogP contribution in [0.5, 0.6) is 0 Å². The van der Waals surface area contributed by atoms with Gasteiger partial charge in [-0.25, -0.2) is 0 Å². The lowest BCUT2D eigenvalue weighted by Crippen LogP contribution is -2.63. The van der Waals surface area contributed by atoms with Crippen LogP contribution >= 0.6 is 11.8 Å². The molecule has 2 heterocycles. The molecule has 0 spiro atoms. The number of hydrogen-bond donors (Lipinski definition) is 0. The van der Waals surface area contributed by atoms with E-state index >= 15 is 0 Å². The number of nitrogens with zero attached hydrogens (tertiary/aromatic N) is 4. The lowest BCUT2D eigenvalue weighted by Gasteiger charge is -2.52. The number of piperidine rings is 1. The van der Waals surface area contributed by atoms with E-state index in [0.717, 1.165) is 11.5 Å². The number of thioether (sulfide) groups is 1. The monoisotopic (exact) mass is 386 g/mol. The molecule has 2 aromatic rings. The second-order valence-electron chi connectivity index (χ2n) is 8.24. The largest absolute Gasteiger partial charge is 0.331 e. The summed E-state index contributed by atoms with van der Waals surface area (Å²) in [5.74, 6) is 1.26. The molecule has 0 atom stereocenters. The Balaban J connectivity index is 1.80. The third-order valence-corrected chi connectivity index (χ3v) is 5.77. The number of ketones is 1. The maximum atomic E-state index is 13.1. The average molecular weight is 387 g/mol. The zero-order valence-corrected chi connectivity index (χ0v) is 17.3. The number of benzene rings is 1. The van der Waals surface area contributed by atoms with E-state index in [1.54, 1.807) is 0 Å². The first kappa shape index (κ1) is 19.6. The SMILES string of the molecule is Cc1nnc(SCC(=O)N2C(C)(C)CC(=O)CC2(C)C)n1-c1ccccc1. The summed E-state index contributed by atoms with van der Waals surface area (Å²) in [6, 6.07) is 9.87. The molecule has 1 aromatic heterocycles. The summed E-state index contributed by atoms with van der Waals surface area (Å²) < 4.78 is 1.95. The Morgan fingerprint density at radius 1 is 1.07 bits per heavy atom. The van der Waals surface area contributed by atoms with Gasteiger partial charge in [0.05, 0.1) is 5.75 Å². The predicted octanol–water partition coefficient (Wildman–Crippen LogP) is 3.42. The predicted molar refractivity (Wildman–Crippen MR) is 106 cm³/mol. The zero-order valence-electron chi connectivity index (χ0n) is 16.5. The van der Waals surface area contributed by atoms with Crippen LogP contribution in [0.1, 0.15) is 46.4 Å². The first-order valence-electron chi connectivity index (χ1n) is 9.07. The highest BCUT2D eigenvalue weighted by Gasteiger charge is 2.47. The number of carbonyl (C=O) groups excluding carboxylic acids is 2. The van der Waals surface area contributed by atoms with Crippen molar-refractivity contribution in [3.05, 3.63) is 36.2 Å². The van der Waals surface area contributed by atoms with Crippen LogP contribution in [0.3, 0.4) is 0 Å². The van der Waals surface area contributed by atoms with E-state index in [0.29, 0.717) is 18.0 Å². The first-order chi connectivity index (χ1) is 12.6. The van der Waals surface area contributed by atoms with Gasteiger partial charge in [0, 0.05) is 29.6 Å². The first-order valence-corrected chi connectivity index (χ1v) is 10.1. The Labute approximate surface area is 164 Å². The molecule has 0 radical (unpaired) electrons. The van der Waals surface area contributed by atoms with E-state index < -0.39 is 11.1 Å². The van der Waals surface area contributed by atoms with Crippen molar-refractivity contribution in [3.8, 4) is 5.69 Å². The lowest BCUT2D eigenvalue weighted by molar-refractivity contribution is -0.151. The molecule has 6 nitrogen and oxygen atoms in total. The molecular formula is C20H26N4O2S. The second-order valence-corrected chi connectivity index (χ2v) is 9.18. The Hall–Kier alpha value is -2.15. The fourth-order valence-corrected chi connectivity index (χ4v) is 5.03. The average Bonchev–Trinajstić information content (AvgIpc) is 2.91. The Bertz CT molecular complexity index is 838. The van der Waals surface area contributed by atoms with Crippen molar-refractivity contribution < 1.29 is 9.59 Å². The molecule has 0 bridgehead atoms. The lowest BCUT2D eigenvalue weighted by atomic mass is 9.79. The van der Waals surface area contributed by atoms with Crippen LogP contribution in [0.25, 0.3) is 5.69 Å². The number of rotatable bonds is 4. The van der Waals surface area contributed by atoms with Gasteiger partial charge in [0.2, 0.25) is 5.91 Å². The number of amides is 1. The van der Waals surface area contributed by atoms with Gasteiger partial charge in [-0.2, -0.15) is 0 Å². The van der Waals surface area contributed by atoms with Gasteiger partial charge in [-0.05, 0) is 46.8 Å². The summed E-state index contributed by atoms with van der Waals surface area (Å²) >= 11 is 1.38. The van der Waals surface area contributed by atoms with Gasteiger partial charge in [0.25, 0.3) is 0 Å². The minimum atomic E-state index is -0.487. The van der Waals surface area contributed by atoms with Crippen LogP contribution in [0, 0.1) is 6.92 Å². The number of carbonyl (C=O) groups is 2. The summed E-state index contributed by atoms with van der Waals surface area (Å²) in [5, 5.41) is 9.11. The fraction of sp³-hybridized carbons (Fsp3) is 0.500. The van der Waals surface area contributed by atoms with E-state index in [1.807, 2.05) is 74.4 Å². The molecule has 27 heavy (non-hydrogen) atoms. The Morgan fingerprint density at radius 2 is 1.67 bits per heavy atom. The van der Waals surface area contributed by atoms with E-state index in [2.05, 4.69) is 10.2 Å². The second kappa shape index (κ2) is 7.11. The molecule has 0 N–H and O–H groups in total. The van der Waals surface area contributed by atoms with Crippen LogP contribution in [0.2, 0.25) is 0 Å². The number of hydrogen-bond acceptors (Lipinski definition) is 5. The highest BCUT2D eigenvalue weighted by molar-refractivity contribution is 7.99. The molecule has 0 unspecified atom stereocenters. The molecular weight excluding hydrogens is 360 g/mol. The van der Waals surface area contributed by atoms with Crippen LogP contribution in [-0.2, 0) is 9.59 Å². The van der Waals surface area contributed by atoms with E-state index in [-0.39, 0.29) is 17.4 Å². The molecule has 1 amide bonds. The smallest absolute Gasteiger partial charge is 0.233 e. The van der Waals surface area contributed by atoms with Gasteiger partial charge in [0.15, 0.2) is 5.16 Å². The molecule has 0 aliphatic carbocycles. The van der Waals surface area contributed by atoms with Crippen LogP contribution in [0.4, 0.5) is 0 Å². The molecule has 1 fully saturated rings. The normalized spacial score (nSPS) is 18.6. The van der Waals surface area contributed by atoms with Crippen molar-refractivity contribution >= 4 is 23.5 Å². The maximum Gasteiger partial charge on any atom is 0.233 e.